The van der Waals surface area contributed by atoms with Gasteiger partial charge in [-0.1, -0.05) is 40.7 Å². The molecule has 4 bridgehead atoms. The van der Waals surface area contributed by atoms with Gasteiger partial charge in [0.15, 0.2) is 5.79 Å². The van der Waals surface area contributed by atoms with Crippen molar-refractivity contribution in [1.29, 1.82) is 0 Å². The van der Waals surface area contributed by atoms with E-state index >= 15 is 0 Å². The zero-order valence-corrected chi connectivity index (χ0v) is 24.5. The van der Waals surface area contributed by atoms with Crippen LogP contribution in [0.2, 0.25) is 0 Å². The molecule has 7 rings (SSSR count). The summed E-state index contributed by atoms with van der Waals surface area (Å²) in [7, 11) is 1.30. The van der Waals surface area contributed by atoms with Crippen LogP contribution in [0.1, 0.15) is 72.0 Å². The number of carbonyl (C=O) groups excluding carboxylic acids is 3. The van der Waals surface area contributed by atoms with E-state index in [0.29, 0.717) is 12.0 Å². The van der Waals surface area contributed by atoms with E-state index in [1.54, 1.807) is 39.2 Å². The van der Waals surface area contributed by atoms with Gasteiger partial charge in [-0.25, -0.2) is 0 Å². The summed E-state index contributed by atoms with van der Waals surface area (Å²) in [6.45, 7) is 9.22. The average Bonchev–Trinajstić information content (AvgIpc) is 3.46. The molecule has 2 N–H and O–H groups in total. The predicted octanol–water partition coefficient (Wildman–Crippen LogP) is 3.46. The maximum Gasteiger partial charge on any atom is 0.308 e. The molecule has 224 valence electrons. The molecular formula is C31H40O10. The number of esters is 3. The Morgan fingerprint density at radius 2 is 1.88 bits per heavy atom. The van der Waals surface area contributed by atoms with Crippen molar-refractivity contribution >= 4 is 17.9 Å². The zero-order chi connectivity index (χ0) is 29.8. The third-order valence-corrected chi connectivity index (χ3v) is 11.5. The first kappa shape index (κ1) is 28.4. The summed E-state index contributed by atoms with van der Waals surface area (Å²) < 4.78 is 28.7. The summed E-state index contributed by atoms with van der Waals surface area (Å²) in [5, 5.41) is 25.4. The minimum Gasteiger partial charge on any atom is -0.472 e. The Hall–Kier alpha value is -2.69. The maximum absolute atomic E-state index is 13.1. The highest BCUT2D eigenvalue weighted by molar-refractivity contribution is 5.74. The van der Waals surface area contributed by atoms with Gasteiger partial charge in [0, 0.05) is 28.7 Å². The van der Waals surface area contributed by atoms with Crippen LogP contribution in [0.4, 0.5) is 0 Å². The number of methoxy groups -OCH3 is 1. The van der Waals surface area contributed by atoms with Crippen molar-refractivity contribution < 1.29 is 48.0 Å². The molecule has 2 saturated carbocycles. The molecule has 6 aliphatic rings. The lowest BCUT2D eigenvalue weighted by molar-refractivity contribution is -0.445. The largest absolute Gasteiger partial charge is 0.472 e. The van der Waals surface area contributed by atoms with Crippen LogP contribution in [0.15, 0.2) is 34.7 Å². The first-order chi connectivity index (χ1) is 19.2. The van der Waals surface area contributed by atoms with Crippen LogP contribution in [0.3, 0.4) is 0 Å². The van der Waals surface area contributed by atoms with E-state index in [4.69, 9.17) is 23.4 Å². The molecule has 3 aliphatic heterocycles. The average molecular weight is 573 g/mol. The van der Waals surface area contributed by atoms with Crippen LogP contribution in [-0.2, 0) is 33.3 Å². The molecule has 0 spiro atoms. The Balaban J connectivity index is 1.56. The molecule has 41 heavy (non-hydrogen) atoms. The molecule has 10 heteroatoms. The first-order valence-corrected chi connectivity index (χ1v) is 14.5. The van der Waals surface area contributed by atoms with Crippen LogP contribution in [0.5, 0.6) is 0 Å². The maximum atomic E-state index is 13.1. The lowest BCUT2D eigenvalue weighted by Crippen LogP contribution is -2.84. The summed E-state index contributed by atoms with van der Waals surface area (Å²) in [4.78, 5) is 39.0. The zero-order valence-electron chi connectivity index (χ0n) is 24.5. The summed E-state index contributed by atoms with van der Waals surface area (Å²) in [5.41, 5.74) is -3.21. The van der Waals surface area contributed by atoms with Gasteiger partial charge in [0.25, 0.3) is 0 Å². The number of cyclic esters (lactones) is 1. The van der Waals surface area contributed by atoms with Gasteiger partial charge < -0.3 is 33.6 Å². The molecule has 1 aromatic heterocycles. The number of aliphatic hydroxyl groups is 2. The van der Waals surface area contributed by atoms with Crippen LogP contribution in [0.25, 0.3) is 0 Å². The van der Waals surface area contributed by atoms with E-state index in [9.17, 15) is 24.6 Å². The fourth-order valence-electron chi connectivity index (χ4n) is 9.13. The van der Waals surface area contributed by atoms with E-state index in [1.165, 1.54) is 13.4 Å². The van der Waals surface area contributed by atoms with Crippen LogP contribution >= 0.6 is 0 Å². The lowest BCUT2D eigenvalue weighted by atomic mass is 9.36. The number of carbonyl (C=O) groups is 3. The van der Waals surface area contributed by atoms with Crippen LogP contribution in [0, 0.1) is 39.9 Å². The Morgan fingerprint density at radius 1 is 1.15 bits per heavy atom. The van der Waals surface area contributed by atoms with Gasteiger partial charge in [-0.2, -0.15) is 0 Å². The Labute approximate surface area is 239 Å². The summed E-state index contributed by atoms with van der Waals surface area (Å²) in [6.07, 6.45) is 4.10. The standard InChI is InChI=1S/C31H40O10/c1-16(2)26(34)41-25-20-11-19-18-12-23(33)40-24(17-7-10-38-14-17)27(18,3)8-9-30(19,35)29(5)21(13-22(32)37-6)28(25,4)15-39-31(20,29)36/h7,10-11,14,16,18,20-21,24-25,35-36H,8-9,12-13,15H2,1-6H3/t18-,20-,21-,24-,25+,27+,28-,29-,30+,31+/m0/s1. The van der Waals surface area contributed by atoms with Crippen molar-refractivity contribution in [1.82, 2.24) is 0 Å². The number of fused-ring (bicyclic) bond motifs is 4. The van der Waals surface area contributed by atoms with Gasteiger partial charge >= 0.3 is 17.9 Å². The molecule has 0 unspecified atom stereocenters. The SMILES string of the molecule is COC(=O)C[C@H]1[C@]2(C)CO[C@]3(O)[C@@H](C=C4[C@@H]5CC(=O)O[C@@H](c6ccoc6)[C@]5(C)CC[C@]4(O)[C@]13C)[C@H]2OC(=O)C(C)C. The lowest BCUT2D eigenvalue weighted by Gasteiger charge is -2.75. The second-order valence-electron chi connectivity index (χ2n) is 13.7. The van der Waals surface area contributed by atoms with E-state index in [0.717, 1.165) is 5.56 Å². The normalized spacial score (nSPS) is 46.2. The van der Waals surface area contributed by atoms with E-state index in [2.05, 4.69) is 6.92 Å². The van der Waals surface area contributed by atoms with Crippen molar-refractivity contribution in [2.75, 3.05) is 13.7 Å². The van der Waals surface area contributed by atoms with Crippen LogP contribution in [-0.4, -0.2) is 59.3 Å². The third-order valence-electron chi connectivity index (χ3n) is 11.5. The minimum absolute atomic E-state index is 0.0303. The Kier molecular flexibility index (Phi) is 6.18. The quantitative estimate of drug-likeness (QED) is 0.306. The smallest absolute Gasteiger partial charge is 0.308 e. The topological polar surface area (TPSA) is 142 Å². The number of hydrogen-bond acceptors (Lipinski definition) is 10. The Morgan fingerprint density at radius 3 is 2.51 bits per heavy atom. The van der Waals surface area contributed by atoms with E-state index < -0.39 is 81.4 Å². The molecule has 10 nitrogen and oxygen atoms in total. The third kappa shape index (κ3) is 3.44. The molecule has 3 saturated heterocycles. The minimum atomic E-state index is -1.95. The second kappa shape index (κ2) is 8.91. The molecule has 1 aromatic rings. The highest BCUT2D eigenvalue weighted by Crippen LogP contribution is 2.75. The summed E-state index contributed by atoms with van der Waals surface area (Å²) in [5.74, 6) is -5.67. The molecule has 5 fully saturated rings. The highest BCUT2D eigenvalue weighted by atomic mass is 16.6. The molecule has 10 atom stereocenters. The fraction of sp³-hybridized carbons (Fsp3) is 0.710. The number of furan rings is 1. The predicted molar refractivity (Wildman–Crippen MR) is 141 cm³/mol. The fourth-order valence-corrected chi connectivity index (χ4v) is 9.13. The van der Waals surface area contributed by atoms with Gasteiger partial charge in [0.05, 0.1) is 55.5 Å². The van der Waals surface area contributed by atoms with Crippen LogP contribution < -0.4 is 0 Å². The molecule has 4 heterocycles. The summed E-state index contributed by atoms with van der Waals surface area (Å²) >= 11 is 0. The number of rotatable bonds is 5. The molecule has 3 aliphatic carbocycles. The van der Waals surface area contributed by atoms with Crippen molar-refractivity contribution in [3.8, 4) is 0 Å². The molecule has 0 aromatic carbocycles. The van der Waals surface area contributed by atoms with Crippen molar-refractivity contribution in [3.05, 3.63) is 35.8 Å². The van der Waals surface area contributed by atoms with Gasteiger partial charge in [-0.3, -0.25) is 14.4 Å². The van der Waals surface area contributed by atoms with E-state index in [-0.39, 0.29) is 25.9 Å². The first-order valence-electron chi connectivity index (χ1n) is 14.5. The van der Waals surface area contributed by atoms with Crippen molar-refractivity contribution in [2.24, 2.45) is 39.9 Å². The summed E-state index contributed by atoms with van der Waals surface area (Å²) in [6, 6.07) is 1.78. The second-order valence-corrected chi connectivity index (χ2v) is 13.7. The van der Waals surface area contributed by atoms with E-state index in [1.807, 2.05) is 6.92 Å². The number of hydrogen-bond donors (Lipinski definition) is 2. The van der Waals surface area contributed by atoms with Crippen molar-refractivity contribution in [3.63, 3.8) is 0 Å². The molecule has 0 radical (unpaired) electrons. The van der Waals surface area contributed by atoms with Gasteiger partial charge in [-0.15, -0.1) is 0 Å². The van der Waals surface area contributed by atoms with Gasteiger partial charge in [0.1, 0.15) is 12.2 Å². The molecule has 0 amide bonds. The Bertz CT molecular complexity index is 1300. The van der Waals surface area contributed by atoms with Crippen molar-refractivity contribution in [2.45, 2.75) is 83.9 Å². The monoisotopic (exact) mass is 572 g/mol. The van der Waals surface area contributed by atoms with Gasteiger partial charge in [0.2, 0.25) is 0 Å². The number of ether oxygens (including phenoxy) is 4. The van der Waals surface area contributed by atoms with Gasteiger partial charge in [-0.05, 0) is 30.4 Å². The highest BCUT2D eigenvalue weighted by Gasteiger charge is 2.82. The molecular weight excluding hydrogens is 532 g/mol.